The number of benzene rings is 2. The number of aliphatic imine (C=N–C) groups is 1. The van der Waals surface area contributed by atoms with Crippen LogP contribution in [0.2, 0.25) is 0 Å². The first-order valence-corrected chi connectivity index (χ1v) is 8.36. The minimum atomic E-state index is 0.0226. The van der Waals surface area contributed by atoms with Gasteiger partial charge >= 0.3 is 0 Å². The highest BCUT2D eigenvalue weighted by atomic mass is 32.2. The topological polar surface area (TPSA) is 29.4 Å². The fourth-order valence-corrected chi connectivity index (χ4v) is 3.67. The van der Waals surface area contributed by atoms with Crippen LogP contribution in [0.25, 0.3) is 6.08 Å². The number of rotatable bonds is 3. The van der Waals surface area contributed by atoms with Crippen LogP contribution in [0.1, 0.15) is 11.1 Å². The Hall–Kier alpha value is -1.78. The van der Waals surface area contributed by atoms with E-state index in [0.717, 1.165) is 15.7 Å². The number of hydrogen-bond donors (Lipinski definition) is 0. The van der Waals surface area contributed by atoms with Gasteiger partial charge in [-0.15, -0.1) is 0 Å². The molecule has 0 atom stereocenters. The Morgan fingerprint density at radius 1 is 1.00 bits per heavy atom. The molecule has 1 aliphatic rings. The van der Waals surface area contributed by atoms with E-state index in [9.17, 15) is 4.79 Å². The van der Waals surface area contributed by atoms with E-state index in [1.807, 2.05) is 54.6 Å². The molecule has 104 valence electrons. The second kappa shape index (κ2) is 6.78. The first-order chi connectivity index (χ1) is 10.3. The van der Waals surface area contributed by atoms with Crippen molar-refractivity contribution in [2.75, 3.05) is 0 Å². The Bertz CT molecular complexity index is 693. The number of carbonyl (C=O) groups excluding carboxylic acids is 1. The van der Waals surface area contributed by atoms with Crippen LogP contribution in [0.5, 0.6) is 0 Å². The second-order valence-electron chi connectivity index (χ2n) is 4.48. The third-order valence-electron chi connectivity index (χ3n) is 2.91. The molecule has 2 nitrogen and oxygen atoms in total. The molecule has 0 aromatic heterocycles. The van der Waals surface area contributed by atoms with E-state index < -0.39 is 0 Å². The van der Waals surface area contributed by atoms with Crippen molar-refractivity contribution in [3.05, 3.63) is 77.5 Å². The molecule has 4 heteroatoms. The Morgan fingerprint density at radius 2 is 1.67 bits per heavy atom. The van der Waals surface area contributed by atoms with Crippen molar-refractivity contribution >= 4 is 39.1 Å². The number of carbonyl (C=O) groups is 1. The molecule has 0 aliphatic carbocycles. The molecule has 0 fully saturated rings. The van der Waals surface area contributed by atoms with E-state index in [1.54, 1.807) is 11.8 Å². The van der Waals surface area contributed by atoms with Gasteiger partial charge in [0.15, 0.2) is 0 Å². The lowest BCUT2D eigenvalue weighted by Crippen LogP contribution is -1.88. The predicted molar refractivity (Wildman–Crippen MR) is 92.2 cm³/mol. The molecule has 0 spiro atoms. The van der Waals surface area contributed by atoms with Crippen molar-refractivity contribution in [2.24, 2.45) is 4.99 Å². The molecular weight excluding hydrogens is 298 g/mol. The minimum Gasteiger partial charge on any atom is -0.279 e. The van der Waals surface area contributed by atoms with E-state index in [2.05, 4.69) is 17.1 Å². The van der Waals surface area contributed by atoms with E-state index in [1.165, 1.54) is 17.3 Å². The van der Waals surface area contributed by atoms with E-state index in [4.69, 9.17) is 0 Å². The second-order valence-corrected chi connectivity index (χ2v) is 6.67. The zero-order valence-electron chi connectivity index (χ0n) is 11.2. The van der Waals surface area contributed by atoms with Crippen LogP contribution < -0.4 is 0 Å². The molecule has 0 bridgehead atoms. The van der Waals surface area contributed by atoms with Crippen molar-refractivity contribution in [1.29, 1.82) is 0 Å². The first-order valence-electron chi connectivity index (χ1n) is 6.55. The van der Waals surface area contributed by atoms with Gasteiger partial charge in [0.05, 0.1) is 0 Å². The Morgan fingerprint density at radius 3 is 2.38 bits per heavy atom. The summed E-state index contributed by atoms with van der Waals surface area (Å²) in [5.74, 6) is 0.832. The zero-order valence-corrected chi connectivity index (χ0v) is 12.9. The summed E-state index contributed by atoms with van der Waals surface area (Å²) in [6.07, 6.45) is 1.84. The highest BCUT2D eigenvalue weighted by molar-refractivity contribution is 8.45. The van der Waals surface area contributed by atoms with Gasteiger partial charge in [0.1, 0.15) is 10.1 Å². The molecule has 2 aromatic carbocycles. The summed E-state index contributed by atoms with van der Waals surface area (Å²) in [5, 5.41) is 0.0226. The van der Waals surface area contributed by atoms with Gasteiger partial charge in [-0.25, -0.2) is 4.99 Å². The third-order valence-corrected chi connectivity index (χ3v) is 4.99. The Balaban J connectivity index is 1.69. The highest BCUT2D eigenvalue weighted by Gasteiger charge is 2.22. The Labute approximate surface area is 132 Å². The molecule has 1 aliphatic heterocycles. The van der Waals surface area contributed by atoms with Crippen molar-refractivity contribution in [3.63, 3.8) is 0 Å². The average molecular weight is 311 g/mol. The maximum absolute atomic E-state index is 12.0. The predicted octanol–water partition coefficient (Wildman–Crippen LogP) is 4.59. The van der Waals surface area contributed by atoms with Crippen molar-refractivity contribution < 1.29 is 4.79 Å². The largest absolute Gasteiger partial charge is 0.279 e. The van der Waals surface area contributed by atoms with Crippen LogP contribution in [0, 0.1) is 0 Å². The summed E-state index contributed by atoms with van der Waals surface area (Å²) in [6.45, 7) is 0. The lowest BCUT2D eigenvalue weighted by molar-refractivity contribution is -0.107. The first kappa shape index (κ1) is 14.2. The fraction of sp³-hybridized carbons (Fsp3) is 0.0588. The molecule has 3 rings (SSSR count). The van der Waals surface area contributed by atoms with Crippen LogP contribution in [0.15, 0.2) is 71.4 Å². The summed E-state index contributed by atoms with van der Waals surface area (Å²) in [7, 11) is 0. The summed E-state index contributed by atoms with van der Waals surface area (Å²) in [5.41, 5.74) is 2.76. The van der Waals surface area contributed by atoms with Gasteiger partial charge < -0.3 is 0 Å². The van der Waals surface area contributed by atoms with Gasteiger partial charge in [0, 0.05) is 5.75 Å². The maximum atomic E-state index is 12.0. The van der Waals surface area contributed by atoms with E-state index in [0.29, 0.717) is 5.70 Å². The summed E-state index contributed by atoms with van der Waals surface area (Å²) in [6, 6.07) is 20.0. The summed E-state index contributed by atoms with van der Waals surface area (Å²) in [4.78, 5) is 16.4. The van der Waals surface area contributed by atoms with Gasteiger partial charge in [0.2, 0.25) is 5.12 Å². The smallest absolute Gasteiger partial charge is 0.244 e. The quantitative estimate of drug-likeness (QED) is 0.776. The highest BCUT2D eigenvalue weighted by Crippen LogP contribution is 2.32. The molecule has 0 saturated heterocycles. The van der Waals surface area contributed by atoms with Crippen LogP contribution in [0.3, 0.4) is 0 Å². The van der Waals surface area contributed by atoms with Gasteiger partial charge in [-0.3, -0.25) is 4.79 Å². The Kier molecular flexibility index (Phi) is 4.58. The molecule has 0 amide bonds. The SMILES string of the molecule is O=C1SC(SCc2ccccc2)=N/C1=C/c1ccccc1. The fourth-order valence-electron chi connectivity index (χ4n) is 1.88. The molecule has 0 N–H and O–H groups in total. The number of thioether (sulfide) groups is 2. The van der Waals surface area contributed by atoms with Crippen molar-refractivity contribution in [1.82, 2.24) is 0 Å². The standard InChI is InChI=1S/C17H13NOS2/c19-16-15(11-13-7-3-1-4-8-13)18-17(21-16)20-12-14-9-5-2-6-10-14/h1-11H,12H2/b15-11+. The van der Waals surface area contributed by atoms with Gasteiger partial charge in [-0.05, 0) is 29.0 Å². The van der Waals surface area contributed by atoms with Gasteiger partial charge in [-0.2, -0.15) is 0 Å². The molecule has 1 heterocycles. The van der Waals surface area contributed by atoms with Gasteiger partial charge in [-0.1, -0.05) is 72.4 Å². The molecular formula is C17H13NOS2. The van der Waals surface area contributed by atoms with E-state index >= 15 is 0 Å². The molecule has 2 aromatic rings. The molecule has 0 radical (unpaired) electrons. The van der Waals surface area contributed by atoms with Crippen LogP contribution in [-0.2, 0) is 10.5 Å². The van der Waals surface area contributed by atoms with Crippen molar-refractivity contribution in [2.45, 2.75) is 5.75 Å². The van der Waals surface area contributed by atoms with Crippen molar-refractivity contribution in [3.8, 4) is 0 Å². The normalized spacial score (nSPS) is 16.3. The molecule has 0 saturated carbocycles. The number of hydrogen-bond acceptors (Lipinski definition) is 4. The van der Waals surface area contributed by atoms with E-state index in [-0.39, 0.29) is 5.12 Å². The monoisotopic (exact) mass is 311 g/mol. The van der Waals surface area contributed by atoms with Gasteiger partial charge in [0.25, 0.3) is 0 Å². The van der Waals surface area contributed by atoms with Crippen LogP contribution in [0.4, 0.5) is 0 Å². The zero-order chi connectivity index (χ0) is 14.5. The lowest BCUT2D eigenvalue weighted by atomic mass is 10.2. The third kappa shape index (κ3) is 3.86. The van der Waals surface area contributed by atoms with Crippen LogP contribution in [-0.4, -0.2) is 9.49 Å². The molecule has 0 unspecified atom stereocenters. The van der Waals surface area contributed by atoms with Crippen LogP contribution >= 0.6 is 23.5 Å². The maximum Gasteiger partial charge on any atom is 0.244 e. The lowest BCUT2D eigenvalue weighted by Gasteiger charge is -1.98. The molecule has 21 heavy (non-hydrogen) atoms. The average Bonchev–Trinajstić information content (AvgIpc) is 2.87. The summed E-state index contributed by atoms with van der Waals surface area (Å²) < 4.78 is 0.825. The minimum absolute atomic E-state index is 0.0226. The summed E-state index contributed by atoms with van der Waals surface area (Å²) >= 11 is 2.82. The number of nitrogens with zero attached hydrogens (tertiary/aromatic N) is 1.